The van der Waals surface area contributed by atoms with Gasteiger partial charge in [-0.15, -0.1) is 11.8 Å². The second-order valence-electron chi connectivity index (χ2n) is 7.44. The third kappa shape index (κ3) is 4.74. The van der Waals surface area contributed by atoms with Crippen LogP contribution >= 0.6 is 11.8 Å². The van der Waals surface area contributed by atoms with E-state index < -0.39 is 0 Å². The number of nitrogens with one attached hydrogen (secondary N) is 1. The van der Waals surface area contributed by atoms with E-state index >= 15 is 0 Å². The number of benzene rings is 3. The molecule has 0 atom stereocenters. The molecule has 152 valence electrons. The summed E-state index contributed by atoms with van der Waals surface area (Å²) in [7, 11) is 0. The van der Waals surface area contributed by atoms with Crippen LogP contribution in [0.1, 0.15) is 27.0 Å². The summed E-state index contributed by atoms with van der Waals surface area (Å²) < 4.78 is 0. The molecule has 3 aromatic carbocycles. The number of amides is 2. The number of carbonyl (C=O) groups is 2. The molecule has 0 saturated carbocycles. The first kappa shape index (κ1) is 20.2. The van der Waals surface area contributed by atoms with Gasteiger partial charge in [-0.1, -0.05) is 54.1 Å². The molecule has 2 amide bonds. The first-order valence-corrected chi connectivity index (χ1v) is 11.0. The van der Waals surface area contributed by atoms with Gasteiger partial charge in [0.05, 0.1) is 11.3 Å². The molecular weight excluding hydrogens is 392 g/mol. The number of hydrogen-bond donors (Lipinski definition) is 1. The highest BCUT2D eigenvalue weighted by Gasteiger charge is 2.23. The summed E-state index contributed by atoms with van der Waals surface area (Å²) in [5.41, 5.74) is 5.11. The van der Waals surface area contributed by atoms with Crippen molar-refractivity contribution in [3.05, 3.63) is 95.1 Å². The van der Waals surface area contributed by atoms with Crippen molar-refractivity contribution in [2.45, 2.75) is 24.8 Å². The second-order valence-corrected chi connectivity index (χ2v) is 8.46. The first-order valence-electron chi connectivity index (χ1n) is 10.0. The SMILES string of the molecule is Cc1ccc(NC(=O)CSc2ccccc2C(=O)N2CCc3ccccc3C2)cc1. The van der Waals surface area contributed by atoms with Crippen LogP contribution in [-0.4, -0.2) is 29.0 Å². The summed E-state index contributed by atoms with van der Waals surface area (Å²) in [6.45, 7) is 3.35. The highest BCUT2D eigenvalue weighted by molar-refractivity contribution is 8.00. The van der Waals surface area contributed by atoms with Crippen molar-refractivity contribution >= 4 is 29.3 Å². The number of rotatable bonds is 5. The van der Waals surface area contributed by atoms with Gasteiger partial charge in [0.2, 0.25) is 5.91 Å². The predicted molar refractivity (Wildman–Crippen MR) is 122 cm³/mol. The molecule has 0 fully saturated rings. The van der Waals surface area contributed by atoms with Crippen LogP contribution in [0.15, 0.2) is 77.7 Å². The molecule has 3 aromatic rings. The Bertz CT molecular complexity index is 1060. The lowest BCUT2D eigenvalue weighted by Crippen LogP contribution is -2.36. The van der Waals surface area contributed by atoms with Crippen LogP contribution in [0.5, 0.6) is 0 Å². The molecule has 0 bridgehead atoms. The van der Waals surface area contributed by atoms with Gasteiger partial charge < -0.3 is 10.2 Å². The quantitative estimate of drug-likeness (QED) is 0.601. The van der Waals surface area contributed by atoms with Crippen molar-refractivity contribution in [1.82, 2.24) is 4.90 Å². The largest absolute Gasteiger partial charge is 0.334 e. The topological polar surface area (TPSA) is 49.4 Å². The normalized spacial score (nSPS) is 12.9. The fraction of sp³-hybridized carbons (Fsp3) is 0.200. The van der Waals surface area contributed by atoms with Crippen LogP contribution in [0.2, 0.25) is 0 Å². The van der Waals surface area contributed by atoms with E-state index in [9.17, 15) is 9.59 Å². The summed E-state index contributed by atoms with van der Waals surface area (Å²) in [5, 5.41) is 2.91. The maximum atomic E-state index is 13.2. The zero-order chi connectivity index (χ0) is 20.9. The summed E-state index contributed by atoms with van der Waals surface area (Å²) in [6.07, 6.45) is 0.871. The molecule has 30 heavy (non-hydrogen) atoms. The summed E-state index contributed by atoms with van der Waals surface area (Å²) in [6, 6.07) is 23.5. The Kier molecular flexibility index (Phi) is 6.19. The van der Waals surface area contributed by atoms with E-state index in [1.807, 2.05) is 72.5 Å². The number of carbonyl (C=O) groups excluding carboxylic acids is 2. The molecule has 0 aromatic heterocycles. The maximum Gasteiger partial charge on any atom is 0.255 e. The molecule has 1 heterocycles. The highest BCUT2D eigenvalue weighted by atomic mass is 32.2. The van der Waals surface area contributed by atoms with Crippen molar-refractivity contribution in [3.8, 4) is 0 Å². The van der Waals surface area contributed by atoms with E-state index in [4.69, 9.17) is 0 Å². The Hall–Kier alpha value is -3.05. The lowest BCUT2D eigenvalue weighted by molar-refractivity contribution is -0.113. The average Bonchev–Trinajstić information content (AvgIpc) is 2.78. The number of hydrogen-bond acceptors (Lipinski definition) is 3. The zero-order valence-corrected chi connectivity index (χ0v) is 17.7. The number of aryl methyl sites for hydroxylation is 1. The van der Waals surface area contributed by atoms with Crippen LogP contribution < -0.4 is 5.32 Å². The lowest BCUT2D eigenvalue weighted by atomic mass is 9.99. The van der Waals surface area contributed by atoms with Crippen molar-refractivity contribution in [3.63, 3.8) is 0 Å². The molecule has 5 heteroatoms. The van der Waals surface area contributed by atoms with Gasteiger partial charge in [-0.05, 0) is 48.7 Å². The molecule has 4 nitrogen and oxygen atoms in total. The molecule has 0 saturated heterocycles. The molecule has 1 aliphatic heterocycles. The van der Waals surface area contributed by atoms with E-state index in [1.54, 1.807) is 0 Å². The summed E-state index contributed by atoms with van der Waals surface area (Å²) in [4.78, 5) is 28.3. The third-order valence-electron chi connectivity index (χ3n) is 5.23. The Morgan fingerprint density at radius 2 is 1.63 bits per heavy atom. The van der Waals surface area contributed by atoms with Crippen LogP contribution in [-0.2, 0) is 17.8 Å². The summed E-state index contributed by atoms with van der Waals surface area (Å²) >= 11 is 1.40. The van der Waals surface area contributed by atoms with Crippen LogP contribution in [0.4, 0.5) is 5.69 Å². The fourth-order valence-electron chi connectivity index (χ4n) is 3.59. The minimum Gasteiger partial charge on any atom is -0.334 e. The Morgan fingerprint density at radius 1 is 0.933 bits per heavy atom. The van der Waals surface area contributed by atoms with Gasteiger partial charge in [-0.25, -0.2) is 0 Å². The van der Waals surface area contributed by atoms with Gasteiger partial charge >= 0.3 is 0 Å². The number of anilines is 1. The van der Waals surface area contributed by atoms with Gasteiger partial charge in [-0.3, -0.25) is 9.59 Å². The molecule has 0 spiro atoms. The molecule has 0 unspecified atom stereocenters. The minimum absolute atomic E-state index is 0.0199. The fourth-order valence-corrected chi connectivity index (χ4v) is 4.43. The number of nitrogens with zero attached hydrogens (tertiary/aromatic N) is 1. The maximum absolute atomic E-state index is 13.2. The standard InChI is InChI=1S/C25H24N2O2S/c1-18-10-12-21(13-11-18)26-24(28)17-30-23-9-5-4-8-22(23)25(29)27-15-14-19-6-2-3-7-20(19)16-27/h2-13H,14-17H2,1H3,(H,26,28). The van der Waals surface area contributed by atoms with E-state index in [-0.39, 0.29) is 17.6 Å². The molecule has 0 radical (unpaired) electrons. The van der Waals surface area contributed by atoms with Crippen LogP contribution in [0, 0.1) is 6.92 Å². The number of thioether (sulfide) groups is 1. The molecule has 4 rings (SSSR count). The predicted octanol–water partition coefficient (Wildman–Crippen LogP) is 4.92. The minimum atomic E-state index is -0.0852. The van der Waals surface area contributed by atoms with E-state index in [0.717, 1.165) is 22.6 Å². The Labute approximate surface area is 181 Å². The third-order valence-corrected chi connectivity index (χ3v) is 6.30. The van der Waals surface area contributed by atoms with Gasteiger partial charge in [0.1, 0.15) is 0 Å². The van der Waals surface area contributed by atoms with Crippen molar-refractivity contribution in [1.29, 1.82) is 0 Å². The molecule has 1 N–H and O–H groups in total. The number of fused-ring (bicyclic) bond motifs is 1. The smallest absolute Gasteiger partial charge is 0.255 e. The van der Waals surface area contributed by atoms with Crippen molar-refractivity contribution in [2.75, 3.05) is 17.6 Å². The van der Waals surface area contributed by atoms with E-state index in [0.29, 0.717) is 18.7 Å². The average molecular weight is 417 g/mol. The van der Waals surface area contributed by atoms with E-state index in [1.165, 1.54) is 22.9 Å². The van der Waals surface area contributed by atoms with Crippen molar-refractivity contribution < 1.29 is 9.59 Å². The van der Waals surface area contributed by atoms with Crippen LogP contribution in [0.25, 0.3) is 0 Å². The zero-order valence-electron chi connectivity index (χ0n) is 16.9. The molecule has 1 aliphatic rings. The van der Waals surface area contributed by atoms with Crippen LogP contribution in [0.3, 0.4) is 0 Å². The molecule has 0 aliphatic carbocycles. The van der Waals surface area contributed by atoms with Gasteiger partial charge in [0.25, 0.3) is 5.91 Å². The molecular formula is C25H24N2O2S. The van der Waals surface area contributed by atoms with Gasteiger partial charge in [0, 0.05) is 23.7 Å². The monoisotopic (exact) mass is 416 g/mol. The Balaban J connectivity index is 1.42. The first-order chi connectivity index (χ1) is 14.6. The van der Waals surface area contributed by atoms with E-state index in [2.05, 4.69) is 17.4 Å². The van der Waals surface area contributed by atoms with Crippen molar-refractivity contribution in [2.24, 2.45) is 0 Å². The second kappa shape index (κ2) is 9.18. The van der Waals surface area contributed by atoms with Gasteiger partial charge in [-0.2, -0.15) is 0 Å². The highest BCUT2D eigenvalue weighted by Crippen LogP contribution is 2.26. The Morgan fingerprint density at radius 3 is 2.43 bits per heavy atom. The lowest BCUT2D eigenvalue weighted by Gasteiger charge is -2.29. The summed E-state index contributed by atoms with van der Waals surface area (Å²) in [5.74, 6) is 0.186. The van der Waals surface area contributed by atoms with Gasteiger partial charge in [0.15, 0.2) is 0 Å².